The van der Waals surface area contributed by atoms with Gasteiger partial charge in [0.1, 0.15) is 0 Å². The molecule has 0 bridgehead atoms. The van der Waals surface area contributed by atoms with Gasteiger partial charge >= 0.3 is 0 Å². The highest BCUT2D eigenvalue weighted by molar-refractivity contribution is 7.80. The van der Waals surface area contributed by atoms with Crippen LogP contribution < -0.4 is 5.32 Å². The summed E-state index contributed by atoms with van der Waals surface area (Å²) in [5.41, 5.74) is 4.71. The second kappa shape index (κ2) is 14.7. The van der Waals surface area contributed by atoms with Crippen LogP contribution in [0.3, 0.4) is 0 Å². The van der Waals surface area contributed by atoms with Gasteiger partial charge in [0.05, 0.1) is 11.6 Å². The highest BCUT2D eigenvalue weighted by Crippen LogP contribution is 2.11. The molecule has 152 valence electrons. The summed E-state index contributed by atoms with van der Waals surface area (Å²) >= 11 is 9.65. The van der Waals surface area contributed by atoms with Gasteiger partial charge in [0, 0.05) is 16.5 Å². The van der Waals surface area contributed by atoms with Crippen LogP contribution in [0.15, 0.2) is 77.7 Å². The molecule has 0 radical (unpaired) electrons. The van der Waals surface area contributed by atoms with Gasteiger partial charge in [0.2, 0.25) is 0 Å². The van der Waals surface area contributed by atoms with Crippen LogP contribution in [-0.2, 0) is 13.0 Å². The van der Waals surface area contributed by atoms with E-state index in [0.29, 0.717) is 0 Å². The maximum Gasteiger partial charge on any atom is 0.0991 e. The molecule has 0 aliphatic carbocycles. The van der Waals surface area contributed by atoms with Gasteiger partial charge in [-0.3, -0.25) is 0 Å². The first-order chi connectivity index (χ1) is 14.0. The monoisotopic (exact) mass is 424 g/mol. The molecule has 4 heteroatoms. The van der Waals surface area contributed by atoms with E-state index >= 15 is 0 Å². The molecule has 3 aromatic rings. The van der Waals surface area contributed by atoms with Gasteiger partial charge in [0.15, 0.2) is 0 Å². The molecule has 0 unspecified atom stereocenters. The minimum Gasteiger partial charge on any atom is -0.316 e. The molecular weight excluding hydrogens is 396 g/mol. The molecule has 0 saturated heterocycles. The quantitative estimate of drug-likeness (QED) is 0.449. The summed E-state index contributed by atoms with van der Waals surface area (Å²) in [6.07, 6.45) is 2.26. The number of hydrogen-bond donors (Lipinski definition) is 2. The number of nitriles is 1. The molecule has 0 aromatic heterocycles. The Bertz CT molecular complexity index is 830. The normalized spacial score (nSPS) is 9.38. The molecule has 1 N–H and O–H groups in total. The second-order valence-corrected chi connectivity index (χ2v) is 7.50. The predicted octanol–water partition coefficient (Wildman–Crippen LogP) is 6.85. The lowest BCUT2D eigenvalue weighted by Crippen LogP contribution is -2.04. The summed E-state index contributed by atoms with van der Waals surface area (Å²) < 4.78 is 0. The van der Waals surface area contributed by atoms with Crippen LogP contribution in [0, 0.1) is 18.3 Å². The standard InChI is InChI=1S/C10H11N.C9H13N.C6H5ClS/c1-2-3-9-4-6-10(8-11)7-5-9;1-8-3-5-9(6-4-8)7-10-2;7-5-1-3-6(8)4-2-5/h4-7H,2-3H2,1H3;3-6,10H,7H2,1-2H3;1-4,8H. The third-order valence-corrected chi connectivity index (χ3v) is 4.50. The van der Waals surface area contributed by atoms with Gasteiger partial charge in [-0.2, -0.15) is 5.26 Å². The summed E-state index contributed by atoms with van der Waals surface area (Å²) in [5, 5.41) is 12.4. The minimum absolute atomic E-state index is 0.741. The number of rotatable bonds is 4. The van der Waals surface area contributed by atoms with E-state index in [0.717, 1.165) is 34.9 Å². The Kier molecular flexibility index (Phi) is 12.6. The summed E-state index contributed by atoms with van der Waals surface area (Å²) in [7, 11) is 1.96. The van der Waals surface area contributed by atoms with Crippen LogP contribution in [0.5, 0.6) is 0 Å². The van der Waals surface area contributed by atoms with E-state index in [-0.39, 0.29) is 0 Å². The summed E-state index contributed by atoms with van der Waals surface area (Å²) in [6.45, 7) is 5.21. The minimum atomic E-state index is 0.741. The zero-order valence-corrected chi connectivity index (χ0v) is 19.0. The summed E-state index contributed by atoms with van der Waals surface area (Å²) in [5.74, 6) is 0. The zero-order valence-electron chi connectivity index (χ0n) is 17.3. The molecule has 2 nitrogen and oxygen atoms in total. The van der Waals surface area contributed by atoms with E-state index in [4.69, 9.17) is 16.9 Å². The third kappa shape index (κ3) is 11.4. The Morgan fingerprint density at radius 1 is 0.897 bits per heavy atom. The number of nitrogens with zero attached hydrogens (tertiary/aromatic N) is 1. The van der Waals surface area contributed by atoms with Crippen molar-refractivity contribution in [3.05, 3.63) is 100 Å². The van der Waals surface area contributed by atoms with E-state index < -0.39 is 0 Å². The van der Waals surface area contributed by atoms with E-state index in [9.17, 15) is 0 Å². The van der Waals surface area contributed by atoms with E-state index in [1.807, 2.05) is 55.6 Å². The maximum absolute atomic E-state index is 8.51. The van der Waals surface area contributed by atoms with Crippen molar-refractivity contribution in [1.29, 1.82) is 5.26 Å². The largest absolute Gasteiger partial charge is 0.316 e. The van der Waals surface area contributed by atoms with Crippen LogP contribution in [-0.4, -0.2) is 7.05 Å². The first-order valence-corrected chi connectivity index (χ1v) is 10.4. The Balaban J connectivity index is 0.000000220. The molecule has 0 heterocycles. The van der Waals surface area contributed by atoms with Gasteiger partial charge in [0.25, 0.3) is 0 Å². The average molecular weight is 425 g/mol. The van der Waals surface area contributed by atoms with Gasteiger partial charge < -0.3 is 5.32 Å². The van der Waals surface area contributed by atoms with Crippen molar-refractivity contribution in [2.45, 2.75) is 38.1 Å². The number of halogens is 1. The summed E-state index contributed by atoms with van der Waals surface area (Å²) in [4.78, 5) is 0.939. The lowest BCUT2D eigenvalue weighted by Gasteiger charge is -1.98. The molecule has 29 heavy (non-hydrogen) atoms. The van der Waals surface area contributed by atoms with Crippen molar-refractivity contribution in [3.8, 4) is 6.07 Å². The lowest BCUT2D eigenvalue weighted by molar-refractivity contribution is 0.817. The topological polar surface area (TPSA) is 35.8 Å². The molecule has 0 aliphatic heterocycles. The van der Waals surface area contributed by atoms with E-state index in [1.165, 1.54) is 16.7 Å². The average Bonchev–Trinajstić information content (AvgIpc) is 2.74. The van der Waals surface area contributed by atoms with E-state index in [2.05, 4.69) is 62.1 Å². The van der Waals surface area contributed by atoms with Crippen LogP contribution in [0.25, 0.3) is 0 Å². The Hall–Kier alpha value is -2.25. The van der Waals surface area contributed by atoms with Crippen molar-refractivity contribution >= 4 is 24.2 Å². The highest BCUT2D eigenvalue weighted by Gasteiger charge is 1.91. The van der Waals surface area contributed by atoms with E-state index in [1.54, 1.807) is 0 Å². The zero-order chi connectivity index (χ0) is 21.5. The molecule has 3 rings (SSSR count). The smallest absolute Gasteiger partial charge is 0.0991 e. The highest BCUT2D eigenvalue weighted by atomic mass is 35.5. The van der Waals surface area contributed by atoms with Crippen molar-refractivity contribution in [1.82, 2.24) is 5.32 Å². The second-order valence-electron chi connectivity index (χ2n) is 6.55. The van der Waals surface area contributed by atoms with Gasteiger partial charge in [-0.05, 0) is 67.9 Å². The molecule has 0 fully saturated rings. The van der Waals surface area contributed by atoms with Crippen LogP contribution >= 0.6 is 24.2 Å². The Labute approximate surface area is 186 Å². The van der Waals surface area contributed by atoms with Crippen molar-refractivity contribution in [2.75, 3.05) is 7.05 Å². The van der Waals surface area contributed by atoms with Crippen molar-refractivity contribution in [2.24, 2.45) is 0 Å². The fourth-order valence-electron chi connectivity index (χ4n) is 2.39. The first kappa shape index (κ1) is 24.8. The number of benzene rings is 3. The SMILES string of the molecule is CCCc1ccc(C#N)cc1.CNCc1ccc(C)cc1.Sc1ccc(Cl)cc1. The number of aryl methyl sites for hydroxylation is 2. The van der Waals surface area contributed by atoms with Gasteiger partial charge in [-0.1, -0.05) is 66.9 Å². The fraction of sp³-hybridized carbons (Fsp3) is 0.240. The van der Waals surface area contributed by atoms with Crippen LogP contribution in [0.4, 0.5) is 0 Å². The number of hydrogen-bond acceptors (Lipinski definition) is 3. The maximum atomic E-state index is 8.51. The van der Waals surface area contributed by atoms with Gasteiger partial charge in [-0.15, -0.1) is 12.6 Å². The predicted molar refractivity (Wildman–Crippen MR) is 128 cm³/mol. The third-order valence-electron chi connectivity index (χ3n) is 3.95. The van der Waals surface area contributed by atoms with Gasteiger partial charge in [-0.25, -0.2) is 0 Å². The molecule has 0 saturated carbocycles. The molecule has 0 aliphatic rings. The molecule has 0 atom stereocenters. The number of thiol groups is 1. The summed E-state index contributed by atoms with van der Waals surface area (Å²) in [6, 6.07) is 25.7. The van der Waals surface area contributed by atoms with Crippen LogP contribution in [0.1, 0.15) is 35.6 Å². The molecular formula is C25H29ClN2S. The van der Waals surface area contributed by atoms with Crippen molar-refractivity contribution in [3.63, 3.8) is 0 Å². The van der Waals surface area contributed by atoms with Crippen LogP contribution in [0.2, 0.25) is 5.02 Å². The molecule has 0 spiro atoms. The fourth-order valence-corrected chi connectivity index (χ4v) is 2.66. The molecule has 3 aromatic carbocycles. The first-order valence-electron chi connectivity index (χ1n) is 9.62. The Morgan fingerprint density at radius 3 is 1.90 bits per heavy atom. The number of nitrogens with one attached hydrogen (secondary N) is 1. The molecule has 0 amide bonds. The Morgan fingerprint density at radius 2 is 1.45 bits per heavy atom. The lowest BCUT2D eigenvalue weighted by atomic mass is 10.1. The van der Waals surface area contributed by atoms with Crippen molar-refractivity contribution < 1.29 is 0 Å².